The molecule has 2 aliphatic rings. The van der Waals surface area contributed by atoms with Gasteiger partial charge in [-0.15, -0.1) is 12.4 Å². The lowest BCUT2D eigenvalue weighted by atomic mass is 10.1. The van der Waals surface area contributed by atoms with Crippen molar-refractivity contribution >= 4 is 24.2 Å². The number of rotatable bonds is 4. The van der Waals surface area contributed by atoms with Crippen LogP contribution in [-0.4, -0.2) is 60.9 Å². The largest absolute Gasteiger partial charge is 0.317 e. The molecule has 1 aromatic rings. The minimum atomic E-state index is -0.156. The molecule has 2 amide bonds. The predicted octanol–water partition coefficient (Wildman–Crippen LogP) is 1.78. The lowest BCUT2D eigenvalue weighted by Gasteiger charge is -2.28. The van der Waals surface area contributed by atoms with E-state index < -0.39 is 0 Å². The molecular formula is C17H24ClN3O2. The molecule has 0 aromatic heterocycles. The van der Waals surface area contributed by atoms with Crippen molar-refractivity contribution in [2.75, 3.05) is 33.2 Å². The monoisotopic (exact) mass is 337 g/mol. The Bertz CT molecular complexity index is 536. The summed E-state index contributed by atoms with van der Waals surface area (Å²) < 4.78 is 0. The van der Waals surface area contributed by atoms with E-state index in [0.29, 0.717) is 23.7 Å². The van der Waals surface area contributed by atoms with Crippen LogP contribution >= 0.6 is 12.4 Å². The van der Waals surface area contributed by atoms with Crippen molar-refractivity contribution < 1.29 is 9.59 Å². The van der Waals surface area contributed by atoms with Crippen molar-refractivity contribution in [3.8, 4) is 0 Å². The standard InChI is InChI=1S/C17H23N3O2.ClH/c1-19(13-5-4-9-18-10-8-13)11-12-20-16(21)14-6-2-3-7-15(14)17(20)22;/h2-3,6-7,13,18H,4-5,8-12H2,1H3;1H. The number of likely N-dealkylation sites (N-methyl/N-ethyl adjacent to an activating group) is 1. The van der Waals surface area contributed by atoms with Crippen LogP contribution in [0.3, 0.4) is 0 Å². The molecule has 2 heterocycles. The van der Waals surface area contributed by atoms with E-state index in [1.807, 2.05) is 0 Å². The third-order valence-electron chi connectivity index (χ3n) is 4.72. The fraction of sp³-hybridized carbons (Fsp3) is 0.529. The maximum absolute atomic E-state index is 12.3. The third-order valence-corrected chi connectivity index (χ3v) is 4.72. The van der Waals surface area contributed by atoms with E-state index in [0.717, 1.165) is 26.1 Å². The minimum Gasteiger partial charge on any atom is -0.317 e. The van der Waals surface area contributed by atoms with Crippen molar-refractivity contribution in [2.24, 2.45) is 0 Å². The molecule has 1 N–H and O–H groups in total. The van der Waals surface area contributed by atoms with Crippen molar-refractivity contribution in [3.05, 3.63) is 35.4 Å². The van der Waals surface area contributed by atoms with Crippen LogP contribution in [0.25, 0.3) is 0 Å². The minimum absolute atomic E-state index is 0. The van der Waals surface area contributed by atoms with E-state index in [-0.39, 0.29) is 24.2 Å². The van der Waals surface area contributed by atoms with Gasteiger partial charge in [0.1, 0.15) is 0 Å². The van der Waals surface area contributed by atoms with Crippen molar-refractivity contribution in [1.29, 1.82) is 0 Å². The molecule has 0 aliphatic carbocycles. The number of benzene rings is 1. The van der Waals surface area contributed by atoms with Gasteiger partial charge in [0.25, 0.3) is 11.8 Å². The van der Waals surface area contributed by atoms with E-state index in [4.69, 9.17) is 0 Å². The summed E-state index contributed by atoms with van der Waals surface area (Å²) in [6.45, 7) is 3.33. The zero-order valence-electron chi connectivity index (χ0n) is 13.5. The SMILES string of the molecule is CN(CCN1C(=O)c2ccccc2C1=O)C1CCCNCC1.Cl. The van der Waals surface area contributed by atoms with E-state index in [1.165, 1.54) is 17.7 Å². The van der Waals surface area contributed by atoms with E-state index >= 15 is 0 Å². The summed E-state index contributed by atoms with van der Waals surface area (Å²) in [7, 11) is 2.09. The number of amides is 2. The topological polar surface area (TPSA) is 52.7 Å². The van der Waals surface area contributed by atoms with E-state index in [9.17, 15) is 9.59 Å². The van der Waals surface area contributed by atoms with Gasteiger partial charge in [-0.1, -0.05) is 12.1 Å². The van der Waals surface area contributed by atoms with Gasteiger partial charge in [0, 0.05) is 19.1 Å². The zero-order valence-corrected chi connectivity index (χ0v) is 14.3. The molecule has 3 rings (SSSR count). The van der Waals surface area contributed by atoms with Crippen LogP contribution < -0.4 is 5.32 Å². The second kappa shape index (κ2) is 7.90. The molecule has 2 aliphatic heterocycles. The highest BCUT2D eigenvalue weighted by Crippen LogP contribution is 2.22. The molecule has 6 heteroatoms. The molecule has 5 nitrogen and oxygen atoms in total. The molecule has 1 unspecified atom stereocenters. The van der Waals surface area contributed by atoms with Gasteiger partial charge in [-0.2, -0.15) is 0 Å². The lowest BCUT2D eigenvalue weighted by Crippen LogP contribution is -2.41. The summed E-state index contributed by atoms with van der Waals surface area (Å²) in [5, 5.41) is 3.41. The molecule has 1 atom stereocenters. The smallest absolute Gasteiger partial charge is 0.261 e. The number of carbonyl (C=O) groups is 2. The van der Waals surface area contributed by atoms with Gasteiger partial charge < -0.3 is 10.2 Å². The molecule has 0 spiro atoms. The predicted molar refractivity (Wildman–Crippen MR) is 92.2 cm³/mol. The summed E-state index contributed by atoms with van der Waals surface area (Å²) >= 11 is 0. The maximum atomic E-state index is 12.3. The molecule has 0 bridgehead atoms. The zero-order chi connectivity index (χ0) is 15.5. The number of imide groups is 1. The number of carbonyl (C=O) groups excluding carboxylic acids is 2. The quantitative estimate of drug-likeness (QED) is 0.851. The van der Waals surface area contributed by atoms with Crippen molar-refractivity contribution in [3.63, 3.8) is 0 Å². The van der Waals surface area contributed by atoms with Gasteiger partial charge in [-0.25, -0.2) is 0 Å². The van der Waals surface area contributed by atoms with Crippen LogP contribution in [0.15, 0.2) is 24.3 Å². The third kappa shape index (κ3) is 3.74. The molecule has 126 valence electrons. The Kier molecular flexibility index (Phi) is 6.16. The summed E-state index contributed by atoms with van der Waals surface area (Å²) in [6.07, 6.45) is 3.48. The first kappa shape index (κ1) is 17.9. The van der Waals surface area contributed by atoms with Crippen LogP contribution in [0.4, 0.5) is 0 Å². The second-order valence-corrected chi connectivity index (χ2v) is 6.12. The molecular weight excluding hydrogens is 314 g/mol. The molecule has 0 saturated carbocycles. The molecule has 1 saturated heterocycles. The number of nitrogens with one attached hydrogen (secondary N) is 1. The Balaban J connectivity index is 0.00000192. The van der Waals surface area contributed by atoms with Gasteiger partial charge in [-0.05, 0) is 51.5 Å². The van der Waals surface area contributed by atoms with Gasteiger partial charge >= 0.3 is 0 Å². The number of fused-ring (bicyclic) bond motifs is 1. The normalized spacial score (nSPS) is 21.1. The van der Waals surface area contributed by atoms with Gasteiger partial charge in [0.2, 0.25) is 0 Å². The van der Waals surface area contributed by atoms with Crippen LogP contribution in [-0.2, 0) is 0 Å². The van der Waals surface area contributed by atoms with Crippen LogP contribution in [0, 0.1) is 0 Å². The summed E-state index contributed by atoms with van der Waals surface area (Å²) in [4.78, 5) is 28.3. The highest BCUT2D eigenvalue weighted by molar-refractivity contribution is 6.21. The van der Waals surface area contributed by atoms with Gasteiger partial charge in [0.05, 0.1) is 11.1 Å². The van der Waals surface area contributed by atoms with Gasteiger partial charge in [-0.3, -0.25) is 14.5 Å². The average molecular weight is 338 g/mol. The Morgan fingerprint density at radius 3 is 2.43 bits per heavy atom. The van der Waals surface area contributed by atoms with Crippen molar-refractivity contribution in [1.82, 2.24) is 15.1 Å². The van der Waals surface area contributed by atoms with Crippen LogP contribution in [0.1, 0.15) is 40.0 Å². The number of hydrogen-bond donors (Lipinski definition) is 1. The highest BCUT2D eigenvalue weighted by Gasteiger charge is 2.35. The maximum Gasteiger partial charge on any atom is 0.261 e. The van der Waals surface area contributed by atoms with Crippen LogP contribution in [0.2, 0.25) is 0 Å². The first-order valence-electron chi connectivity index (χ1n) is 8.04. The average Bonchev–Trinajstić information content (AvgIpc) is 2.75. The number of nitrogens with zero attached hydrogens (tertiary/aromatic N) is 2. The first-order chi connectivity index (χ1) is 10.7. The summed E-state index contributed by atoms with van der Waals surface area (Å²) in [5.74, 6) is -0.312. The first-order valence-corrected chi connectivity index (χ1v) is 8.04. The fourth-order valence-corrected chi connectivity index (χ4v) is 3.32. The van der Waals surface area contributed by atoms with Crippen molar-refractivity contribution in [2.45, 2.75) is 25.3 Å². The Morgan fingerprint density at radius 1 is 1.13 bits per heavy atom. The van der Waals surface area contributed by atoms with E-state index in [2.05, 4.69) is 17.3 Å². The highest BCUT2D eigenvalue weighted by atomic mass is 35.5. The fourth-order valence-electron chi connectivity index (χ4n) is 3.32. The summed E-state index contributed by atoms with van der Waals surface area (Å²) in [5.41, 5.74) is 1.07. The molecule has 1 fully saturated rings. The molecule has 23 heavy (non-hydrogen) atoms. The molecule has 1 aromatic carbocycles. The Labute approximate surface area is 143 Å². The van der Waals surface area contributed by atoms with E-state index in [1.54, 1.807) is 24.3 Å². The van der Waals surface area contributed by atoms with Crippen LogP contribution in [0.5, 0.6) is 0 Å². The van der Waals surface area contributed by atoms with Gasteiger partial charge in [0.15, 0.2) is 0 Å². The Hall–Kier alpha value is -1.43. The summed E-state index contributed by atoms with van der Waals surface area (Å²) in [6, 6.07) is 7.60. The molecule has 0 radical (unpaired) electrons. The lowest BCUT2D eigenvalue weighted by molar-refractivity contribution is 0.0631. The second-order valence-electron chi connectivity index (χ2n) is 6.12. The Morgan fingerprint density at radius 2 is 1.78 bits per heavy atom. The number of halogens is 1. The number of hydrogen-bond acceptors (Lipinski definition) is 4.